The van der Waals surface area contributed by atoms with Gasteiger partial charge in [0.25, 0.3) is 0 Å². The van der Waals surface area contributed by atoms with Crippen molar-refractivity contribution in [3.63, 3.8) is 0 Å². The number of pyridine rings is 1. The van der Waals surface area contributed by atoms with Crippen molar-refractivity contribution in [1.82, 2.24) is 9.55 Å². The number of benzene rings is 1. The molecule has 0 aliphatic rings. The second-order valence-corrected chi connectivity index (χ2v) is 7.55. The minimum atomic E-state index is -1.52. The molecule has 2 N–H and O–H groups in total. The molecule has 9 heteroatoms. The van der Waals surface area contributed by atoms with Gasteiger partial charge in [0.1, 0.15) is 5.75 Å². The molecule has 1 atom stereocenters. The van der Waals surface area contributed by atoms with Crippen molar-refractivity contribution in [2.75, 3.05) is 7.11 Å². The number of ether oxygens (including phenoxy) is 1. The van der Waals surface area contributed by atoms with E-state index in [0.717, 1.165) is 26.0 Å². The number of fused-ring (bicyclic) bond motifs is 1. The van der Waals surface area contributed by atoms with Crippen LogP contribution in [0.4, 0.5) is 5.69 Å². The Balaban J connectivity index is 1.90. The Morgan fingerprint density at radius 2 is 2.07 bits per heavy atom. The van der Waals surface area contributed by atoms with E-state index in [1.54, 1.807) is 37.2 Å². The zero-order chi connectivity index (χ0) is 19.7. The van der Waals surface area contributed by atoms with Crippen molar-refractivity contribution in [2.45, 2.75) is 17.7 Å². The largest absolute Gasteiger partial charge is 0.505 e. The molecule has 0 bridgehead atoms. The maximum atomic E-state index is 9.45. The molecule has 0 amide bonds. The third-order valence-electron chi connectivity index (χ3n) is 4.40. The molecule has 6 nitrogen and oxygen atoms in total. The van der Waals surface area contributed by atoms with Gasteiger partial charge < -0.3 is 19.4 Å². The Morgan fingerprint density at radius 3 is 2.74 bits per heavy atom. The molecular weight excluding hydrogens is 429 g/mol. The van der Waals surface area contributed by atoms with Crippen LogP contribution in [0.25, 0.3) is 10.9 Å². The van der Waals surface area contributed by atoms with Gasteiger partial charge in [-0.2, -0.15) is 0 Å². The van der Waals surface area contributed by atoms with Gasteiger partial charge in [0.15, 0.2) is 0 Å². The van der Waals surface area contributed by atoms with E-state index in [1.807, 2.05) is 25.1 Å². The predicted octanol–water partition coefficient (Wildman–Crippen LogP) is 2.82. The first kappa shape index (κ1) is 19.9. The van der Waals surface area contributed by atoms with Crippen molar-refractivity contribution in [1.29, 1.82) is 0 Å². The lowest BCUT2D eigenvalue weighted by Crippen LogP contribution is -2.34. The Labute approximate surface area is 171 Å². The monoisotopic (exact) mass is 447 g/mol. The molecule has 0 saturated carbocycles. The van der Waals surface area contributed by atoms with Gasteiger partial charge in [-0.15, -0.1) is 12.6 Å². The first-order valence-electron chi connectivity index (χ1n) is 8.24. The summed E-state index contributed by atoms with van der Waals surface area (Å²) in [5.74, 6) is 0.644. The lowest BCUT2D eigenvalue weighted by atomic mass is 9.86. The topological polar surface area (TPSA) is 79.9 Å². The molecule has 0 radical (unpaired) electrons. The van der Waals surface area contributed by atoms with E-state index >= 15 is 0 Å². The summed E-state index contributed by atoms with van der Waals surface area (Å²) in [7, 11) is 1.86. The second-order valence-electron chi connectivity index (χ2n) is 6.21. The normalized spacial score (nSPS) is 12.7. The Hall–Kier alpha value is -1.81. The zero-order valence-electron chi connectivity index (χ0n) is 15.1. The molecule has 0 aliphatic heterocycles. The number of rotatable bonds is 5. The molecule has 140 valence electrons. The highest BCUT2D eigenvalue weighted by Gasteiger charge is 2.18. The number of nitrogens with zero attached hydrogens (tertiary/aromatic N) is 3. The van der Waals surface area contributed by atoms with Crippen LogP contribution in [0.1, 0.15) is 18.5 Å². The average molecular weight is 448 g/mol. The van der Waals surface area contributed by atoms with Crippen LogP contribution < -0.4 is 10.3 Å². The molecule has 0 saturated heterocycles. The van der Waals surface area contributed by atoms with E-state index in [4.69, 9.17) is 4.74 Å². The molecule has 1 unspecified atom stereocenters. The number of aromatic nitrogens is 2. The lowest BCUT2D eigenvalue weighted by Gasteiger charge is -2.08. The highest BCUT2D eigenvalue weighted by atomic mass is 79.9. The fraction of sp³-hybridized carbons (Fsp3) is 0.222. The van der Waals surface area contributed by atoms with Crippen LogP contribution in [0.5, 0.6) is 5.75 Å². The maximum Gasteiger partial charge on any atom is 0.505 e. The number of methoxy groups -OCH3 is 1. The summed E-state index contributed by atoms with van der Waals surface area (Å²) in [6, 6.07) is 7.34. The molecule has 0 fully saturated rings. The van der Waals surface area contributed by atoms with E-state index in [1.165, 1.54) is 0 Å². The van der Waals surface area contributed by atoms with E-state index < -0.39 is 7.12 Å². The summed E-state index contributed by atoms with van der Waals surface area (Å²) < 4.78 is 7.84. The van der Waals surface area contributed by atoms with Crippen LogP contribution in [0.15, 0.2) is 44.8 Å². The van der Waals surface area contributed by atoms with Gasteiger partial charge in [-0.25, -0.2) is 0 Å². The minimum absolute atomic E-state index is 0.0421. The minimum Gasteiger partial charge on any atom is -0.495 e. The summed E-state index contributed by atoms with van der Waals surface area (Å²) in [4.78, 5) is 9.77. The third kappa shape index (κ3) is 4.06. The molecule has 2 aromatic heterocycles. The molecule has 3 aromatic rings. The summed E-state index contributed by atoms with van der Waals surface area (Å²) in [5.41, 5.74) is 2.80. The van der Waals surface area contributed by atoms with Crippen LogP contribution in [0, 0.1) is 0 Å². The molecular formula is C18H19BBrN3O3S. The van der Waals surface area contributed by atoms with Gasteiger partial charge in [0.05, 0.1) is 29.0 Å². The summed E-state index contributed by atoms with van der Waals surface area (Å²) in [6.07, 6.45) is 3.54. The van der Waals surface area contributed by atoms with Crippen molar-refractivity contribution >= 4 is 64.1 Å². The number of aryl methyl sites for hydroxylation is 1. The fourth-order valence-electron chi connectivity index (χ4n) is 2.83. The van der Waals surface area contributed by atoms with Gasteiger partial charge in [0, 0.05) is 46.8 Å². The Kier molecular flexibility index (Phi) is 5.95. The first-order valence-corrected chi connectivity index (χ1v) is 9.48. The fourth-order valence-corrected chi connectivity index (χ4v) is 3.76. The third-order valence-corrected chi connectivity index (χ3v) is 5.38. The van der Waals surface area contributed by atoms with Gasteiger partial charge >= 0.3 is 7.12 Å². The Bertz CT molecular complexity index is 1020. The van der Waals surface area contributed by atoms with Gasteiger partial charge in [-0.05, 0) is 34.1 Å². The predicted molar refractivity (Wildman–Crippen MR) is 115 cm³/mol. The number of hydrogen-bond donors (Lipinski definition) is 3. The number of halogens is 1. The summed E-state index contributed by atoms with van der Waals surface area (Å²) in [5, 5.41) is 19.8. The van der Waals surface area contributed by atoms with Crippen LogP contribution in [0.3, 0.4) is 0 Å². The second kappa shape index (κ2) is 8.06. The number of hydrogen-bond acceptors (Lipinski definition) is 6. The molecule has 1 aromatic carbocycles. The Morgan fingerprint density at radius 1 is 1.33 bits per heavy atom. The quantitative estimate of drug-likeness (QED) is 0.319. The van der Waals surface area contributed by atoms with Gasteiger partial charge in [-0.1, -0.05) is 6.92 Å². The molecule has 0 aliphatic carbocycles. The van der Waals surface area contributed by atoms with Gasteiger partial charge in [-0.3, -0.25) is 9.98 Å². The smallest absolute Gasteiger partial charge is 0.495 e. The molecule has 2 heterocycles. The van der Waals surface area contributed by atoms with Crippen LogP contribution in [-0.2, 0) is 7.05 Å². The number of thiol groups is 1. The van der Waals surface area contributed by atoms with E-state index in [0.29, 0.717) is 17.0 Å². The standard InChI is InChI=1S/C18H19BBrN3O3S/c1-10(8-21-14-7-16(26-3)12(20)6-17(14)27)13-4-11-5-18(19(24)25)23(2)15(11)9-22-13/h4-10,24-25,27H,1-3H3/b21-8-. The highest BCUT2D eigenvalue weighted by molar-refractivity contribution is 9.10. The van der Waals surface area contributed by atoms with Crippen molar-refractivity contribution in [3.8, 4) is 5.75 Å². The molecule has 3 rings (SSSR count). The van der Waals surface area contributed by atoms with E-state index in [-0.39, 0.29) is 5.92 Å². The van der Waals surface area contributed by atoms with Crippen molar-refractivity contribution < 1.29 is 14.8 Å². The SMILES string of the molecule is COc1cc(/N=C\C(C)c2cc3cc(B(O)O)n(C)c3cn2)c(S)cc1Br. The van der Waals surface area contributed by atoms with E-state index in [9.17, 15) is 10.0 Å². The van der Waals surface area contributed by atoms with E-state index in [2.05, 4.69) is 38.5 Å². The van der Waals surface area contributed by atoms with Gasteiger partial charge in [0.2, 0.25) is 0 Å². The highest BCUT2D eigenvalue weighted by Crippen LogP contribution is 2.35. The van der Waals surface area contributed by atoms with Crippen LogP contribution in [0.2, 0.25) is 0 Å². The summed E-state index contributed by atoms with van der Waals surface area (Å²) in [6.45, 7) is 2.00. The maximum absolute atomic E-state index is 9.45. The number of aliphatic imine (C=N–C) groups is 1. The van der Waals surface area contributed by atoms with Crippen molar-refractivity contribution in [3.05, 3.63) is 40.6 Å². The molecule has 27 heavy (non-hydrogen) atoms. The van der Waals surface area contributed by atoms with Crippen molar-refractivity contribution in [2.24, 2.45) is 12.0 Å². The first-order chi connectivity index (χ1) is 12.8. The average Bonchev–Trinajstić information content (AvgIpc) is 2.97. The summed E-state index contributed by atoms with van der Waals surface area (Å²) >= 11 is 7.89. The van der Waals surface area contributed by atoms with Crippen LogP contribution in [-0.4, -0.2) is 40.0 Å². The lowest BCUT2D eigenvalue weighted by molar-refractivity contribution is 0.412. The molecule has 0 spiro atoms. The zero-order valence-corrected chi connectivity index (χ0v) is 17.6. The van der Waals surface area contributed by atoms with Crippen LogP contribution >= 0.6 is 28.6 Å².